The highest BCUT2D eigenvalue weighted by molar-refractivity contribution is 7.99. The van der Waals surface area contributed by atoms with E-state index in [-0.39, 0.29) is 23.5 Å². The fourth-order valence-electron chi connectivity index (χ4n) is 3.44. The minimum Gasteiger partial charge on any atom is -0.480 e. The summed E-state index contributed by atoms with van der Waals surface area (Å²) in [5, 5.41) is 11.9. The van der Waals surface area contributed by atoms with E-state index in [0.29, 0.717) is 11.0 Å². The molecule has 1 amide bonds. The van der Waals surface area contributed by atoms with Gasteiger partial charge >= 0.3 is 0 Å². The van der Waals surface area contributed by atoms with Gasteiger partial charge in [-0.15, -0.1) is 10.2 Å². The molecular formula is C20H26F2N4O2S. The van der Waals surface area contributed by atoms with Gasteiger partial charge < -0.3 is 14.6 Å². The summed E-state index contributed by atoms with van der Waals surface area (Å²) in [6.45, 7) is 1.71. The largest absolute Gasteiger partial charge is 0.480 e. The third-order valence-corrected chi connectivity index (χ3v) is 6.00. The van der Waals surface area contributed by atoms with Crippen molar-refractivity contribution in [1.29, 1.82) is 0 Å². The van der Waals surface area contributed by atoms with E-state index in [4.69, 9.17) is 4.74 Å². The Morgan fingerprint density at radius 2 is 2.00 bits per heavy atom. The SMILES string of the molecule is CC(Oc1ccc(F)cc1F)c1nnc(SCC(=O)NC2CCCCCC2)n1C. The number of nitrogens with zero attached hydrogens (tertiary/aromatic N) is 3. The summed E-state index contributed by atoms with van der Waals surface area (Å²) in [4.78, 5) is 12.3. The minimum absolute atomic E-state index is 0.0101. The molecule has 158 valence electrons. The van der Waals surface area contributed by atoms with Gasteiger partial charge in [-0.2, -0.15) is 0 Å². The summed E-state index contributed by atoms with van der Waals surface area (Å²) in [6, 6.07) is 3.41. The van der Waals surface area contributed by atoms with Crippen LogP contribution in [0.4, 0.5) is 8.78 Å². The summed E-state index contributed by atoms with van der Waals surface area (Å²) in [6.07, 6.45) is 6.30. The van der Waals surface area contributed by atoms with Crippen LogP contribution in [0.1, 0.15) is 57.4 Å². The van der Waals surface area contributed by atoms with Gasteiger partial charge in [-0.25, -0.2) is 8.78 Å². The van der Waals surface area contributed by atoms with Crippen LogP contribution in [-0.4, -0.2) is 32.5 Å². The molecule has 0 saturated heterocycles. The molecule has 1 aliphatic carbocycles. The predicted octanol–water partition coefficient (Wildman–Crippen LogP) is 4.16. The Balaban J connectivity index is 1.55. The maximum Gasteiger partial charge on any atom is 0.230 e. The number of halogens is 2. The zero-order valence-corrected chi connectivity index (χ0v) is 17.5. The Bertz CT molecular complexity index is 838. The highest BCUT2D eigenvalue weighted by Crippen LogP contribution is 2.26. The van der Waals surface area contributed by atoms with Gasteiger partial charge in [0.1, 0.15) is 5.82 Å². The molecule has 0 radical (unpaired) electrons. The highest BCUT2D eigenvalue weighted by atomic mass is 32.2. The molecule has 9 heteroatoms. The van der Waals surface area contributed by atoms with Crippen LogP contribution < -0.4 is 10.1 Å². The normalized spacial score (nSPS) is 16.3. The number of hydrogen-bond donors (Lipinski definition) is 1. The van der Waals surface area contributed by atoms with Crippen LogP contribution in [0.5, 0.6) is 5.75 Å². The van der Waals surface area contributed by atoms with Gasteiger partial charge in [0, 0.05) is 19.2 Å². The molecular weight excluding hydrogens is 398 g/mol. The van der Waals surface area contributed by atoms with Gasteiger partial charge in [-0.05, 0) is 31.9 Å². The quantitative estimate of drug-likeness (QED) is 0.534. The number of rotatable bonds is 7. The van der Waals surface area contributed by atoms with Crippen LogP contribution in [0.25, 0.3) is 0 Å². The molecule has 1 fully saturated rings. The Kier molecular flexibility index (Phi) is 7.46. The molecule has 29 heavy (non-hydrogen) atoms. The second-order valence-corrected chi connectivity index (χ2v) is 8.22. The van der Waals surface area contributed by atoms with Crippen LogP contribution in [0.15, 0.2) is 23.4 Å². The Morgan fingerprint density at radius 1 is 1.28 bits per heavy atom. The van der Waals surface area contributed by atoms with Crippen molar-refractivity contribution < 1.29 is 18.3 Å². The van der Waals surface area contributed by atoms with Crippen molar-refractivity contribution in [3.05, 3.63) is 35.7 Å². The van der Waals surface area contributed by atoms with E-state index in [1.54, 1.807) is 18.5 Å². The van der Waals surface area contributed by atoms with Gasteiger partial charge in [0.2, 0.25) is 5.91 Å². The van der Waals surface area contributed by atoms with Crippen LogP contribution in [0.3, 0.4) is 0 Å². The average Bonchev–Trinajstić information content (AvgIpc) is 2.87. The van der Waals surface area contributed by atoms with Crippen LogP contribution >= 0.6 is 11.8 Å². The van der Waals surface area contributed by atoms with Gasteiger partial charge in [-0.3, -0.25) is 4.79 Å². The topological polar surface area (TPSA) is 69.0 Å². The summed E-state index contributed by atoms with van der Waals surface area (Å²) in [7, 11) is 1.77. The first kappa shape index (κ1) is 21.5. The first-order valence-electron chi connectivity index (χ1n) is 9.87. The Hall–Kier alpha value is -2.16. The third-order valence-electron chi connectivity index (χ3n) is 4.98. The number of thioether (sulfide) groups is 1. The summed E-state index contributed by atoms with van der Waals surface area (Å²) in [5.41, 5.74) is 0. The van der Waals surface area contributed by atoms with Crippen molar-refractivity contribution in [3.8, 4) is 5.75 Å². The lowest BCUT2D eigenvalue weighted by molar-refractivity contribution is -0.119. The van der Waals surface area contributed by atoms with Crippen molar-refractivity contribution in [3.63, 3.8) is 0 Å². The van der Waals surface area contributed by atoms with Crippen LogP contribution in [0.2, 0.25) is 0 Å². The molecule has 1 N–H and O–H groups in total. The van der Waals surface area contributed by atoms with E-state index in [1.165, 1.54) is 30.7 Å². The average molecular weight is 425 g/mol. The fourth-order valence-corrected chi connectivity index (χ4v) is 4.17. The molecule has 0 spiro atoms. The molecule has 0 aliphatic heterocycles. The second kappa shape index (κ2) is 10.0. The molecule has 6 nitrogen and oxygen atoms in total. The Morgan fingerprint density at radius 3 is 2.69 bits per heavy atom. The molecule has 1 aliphatic rings. The standard InChI is InChI=1S/C20H26F2N4O2S/c1-13(28-17-10-9-14(21)11-16(17)22)19-24-25-20(26(19)2)29-12-18(27)23-15-7-5-3-4-6-8-15/h9-11,13,15H,3-8,12H2,1-2H3,(H,23,27). The number of hydrogen-bond acceptors (Lipinski definition) is 5. The number of carbonyl (C=O) groups excluding carboxylic acids is 1. The van der Waals surface area contributed by atoms with E-state index in [0.717, 1.165) is 37.8 Å². The monoisotopic (exact) mass is 424 g/mol. The van der Waals surface area contributed by atoms with Crippen LogP contribution in [0, 0.1) is 11.6 Å². The van der Waals surface area contributed by atoms with Crippen molar-refractivity contribution in [1.82, 2.24) is 20.1 Å². The smallest absolute Gasteiger partial charge is 0.230 e. The maximum atomic E-state index is 13.8. The van der Waals surface area contributed by atoms with Crippen molar-refractivity contribution in [2.45, 2.75) is 62.8 Å². The van der Waals surface area contributed by atoms with E-state index in [9.17, 15) is 13.6 Å². The first-order chi connectivity index (χ1) is 13.9. The molecule has 1 heterocycles. The third kappa shape index (κ3) is 5.91. The lowest BCUT2D eigenvalue weighted by atomic mass is 10.1. The molecule has 3 rings (SSSR count). The number of amides is 1. The first-order valence-corrected chi connectivity index (χ1v) is 10.9. The predicted molar refractivity (Wildman–Crippen MR) is 107 cm³/mol. The number of benzene rings is 1. The van der Waals surface area contributed by atoms with Gasteiger partial charge in [0.25, 0.3) is 0 Å². The molecule has 0 bridgehead atoms. The van der Waals surface area contributed by atoms with Crippen molar-refractivity contribution in [2.75, 3.05) is 5.75 Å². The molecule has 1 aromatic carbocycles. The molecule has 2 aromatic rings. The fraction of sp³-hybridized carbons (Fsp3) is 0.550. The lowest BCUT2D eigenvalue weighted by Gasteiger charge is -2.16. The maximum absolute atomic E-state index is 13.8. The molecule has 1 atom stereocenters. The van der Waals surface area contributed by atoms with Gasteiger partial charge in [0.05, 0.1) is 5.75 Å². The highest BCUT2D eigenvalue weighted by Gasteiger charge is 2.20. The zero-order chi connectivity index (χ0) is 20.8. The summed E-state index contributed by atoms with van der Waals surface area (Å²) < 4.78 is 34.1. The molecule has 1 unspecified atom stereocenters. The Labute approximate surface area is 173 Å². The van der Waals surface area contributed by atoms with Gasteiger partial charge in [-0.1, -0.05) is 37.4 Å². The van der Waals surface area contributed by atoms with E-state index in [1.807, 2.05) is 0 Å². The van der Waals surface area contributed by atoms with E-state index < -0.39 is 17.7 Å². The van der Waals surface area contributed by atoms with Crippen molar-refractivity contribution in [2.24, 2.45) is 7.05 Å². The number of carbonyl (C=O) groups is 1. The minimum atomic E-state index is -0.774. The number of nitrogens with one attached hydrogen (secondary N) is 1. The van der Waals surface area contributed by atoms with Gasteiger partial charge in [0.15, 0.2) is 28.7 Å². The van der Waals surface area contributed by atoms with E-state index >= 15 is 0 Å². The number of ether oxygens (including phenoxy) is 1. The summed E-state index contributed by atoms with van der Waals surface area (Å²) >= 11 is 1.30. The summed E-state index contributed by atoms with van der Waals surface area (Å²) in [5.74, 6) is -0.765. The molecule has 1 saturated carbocycles. The van der Waals surface area contributed by atoms with Crippen LogP contribution in [-0.2, 0) is 11.8 Å². The number of aromatic nitrogens is 3. The zero-order valence-electron chi connectivity index (χ0n) is 16.7. The van der Waals surface area contributed by atoms with Crippen molar-refractivity contribution >= 4 is 17.7 Å². The lowest BCUT2D eigenvalue weighted by Crippen LogP contribution is -2.35. The second-order valence-electron chi connectivity index (χ2n) is 7.28. The molecule has 1 aromatic heterocycles. The van der Waals surface area contributed by atoms with E-state index in [2.05, 4.69) is 15.5 Å².